The highest BCUT2D eigenvalue weighted by Crippen LogP contribution is 2.36. The zero-order chi connectivity index (χ0) is 24.8. The second-order valence-corrected chi connectivity index (χ2v) is 8.66. The number of aryl methyl sites for hydroxylation is 1. The van der Waals surface area contributed by atoms with E-state index in [1.807, 2.05) is 43.5 Å². The molecule has 0 saturated carbocycles. The molecule has 0 bridgehead atoms. The molecule has 0 radical (unpaired) electrons. The lowest BCUT2D eigenvalue weighted by molar-refractivity contribution is -0.136. The van der Waals surface area contributed by atoms with Gasteiger partial charge in [-0.2, -0.15) is 0 Å². The molecule has 1 aliphatic carbocycles. The van der Waals surface area contributed by atoms with Crippen LogP contribution in [0.2, 0.25) is 0 Å². The van der Waals surface area contributed by atoms with Gasteiger partial charge in [0.2, 0.25) is 5.89 Å². The van der Waals surface area contributed by atoms with Crippen molar-refractivity contribution in [1.82, 2.24) is 9.97 Å². The summed E-state index contributed by atoms with van der Waals surface area (Å²) in [6.07, 6.45) is 7.13. The van der Waals surface area contributed by atoms with Crippen molar-refractivity contribution in [2.75, 3.05) is 24.6 Å². The Balaban J connectivity index is 1.42. The van der Waals surface area contributed by atoms with E-state index in [2.05, 4.69) is 29.8 Å². The molecule has 0 atom stereocenters. The van der Waals surface area contributed by atoms with Gasteiger partial charge in [-0.05, 0) is 69.4 Å². The van der Waals surface area contributed by atoms with Crippen molar-refractivity contribution in [3.8, 4) is 17.2 Å². The quantitative estimate of drug-likeness (QED) is 0.402. The summed E-state index contributed by atoms with van der Waals surface area (Å²) in [4.78, 5) is 22.5. The van der Waals surface area contributed by atoms with Crippen molar-refractivity contribution in [2.45, 2.75) is 52.9 Å². The lowest BCUT2D eigenvalue weighted by Crippen LogP contribution is -2.22. The summed E-state index contributed by atoms with van der Waals surface area (Å²) in [6, 6.07) is 10.0. The summed E-state index contributed by atoms with van der Waals surface area (Å²) in [5.74, 6) is 2.35. The number of oxazole rings is 1. The predicted molar refractivity (Wildman–Crippen MR) is 137 cm³/mol. The molecule has 0 spiro atoms. The van der Waals surface area contributed by atoms with Gasteiger partial charge in [-0.25, -0.2) is 9.97 Å². The first-order valence-electron chi connectivity index (χ1n) is 12.3. The minimum Gasteiger partial charge on any atom is -0.493 e. The Morgan fingerprint density at radius 3 is 2.74 bits per heavy atom. The minimum atomic E-state index is -0.810. The largest absolute Gasteiger partial charge is 0.493 e. The molecular formula is C28H33N3O4. The number of hydrogen-bond acceptors (Lipinski definition) is 6. The van der Waals surface area contributed by atoms with Gasteiger partial charge in [-0.3, -0.25) is 4.79 Å². The van der Waals surface area contributed by atoms with Crippen LogP contribution in [0, 0.1) is 6.92 Å². The second-order valence-electron chi connectivity index (χ2n) is 8.66. The smallest absolute Gasteiger partial charge is 0.307 e. The van der Waals surface area contributed by atoms with Crippen LogP contribution >= 0.6 is 0 Å². The van der Waals surface area contributed by atoms with Crippen molar-refractivity contribution >= 4 is 17.4 Å². The number of carboxylic acid groups (broad SMARTS) is 1. The number of anilines is 1. The fourth-order valence-electron chi connectivity index (χ4n) is 4.56. The molecular weight excluding hydrogens is 442 g/mol. The molecule has 1 N–H and O–H groups in total. The molecule has 2 heterocycles. The third-order valence-corrected chi connectivity index (χ3v) is 6.45. The molecule has 184 valence electrons. The summed E-state index contributed by atoms with van der Waals surface area (Å²) in [6.45, 7) is 8.46. The van der Waals surface area contributed by atoms with Crippen molar-refractivity contribution in [2.24, 2.45) is 0 Å². The van der Waals surface area contributed by atoms with E-state index in [0.717, 1.165) is 77.6 Å². The van der Waals surface area contributed by atoms with E-state index < -0.39 is 5.97 Å². The van der Waals surface area contributed by atoms with Crippen LogP contribution < -0.4 is 9.64 Å². The molecule has 0 fully saturated rings. The molecule has 0 aliphatic heterocycles. The van der Waals surface area contributed by atoms with Gasteiger partial charge in [0.05, 0.1) is 24.3 Å². The topological polar surface area (TPSA) is 88.7 Å². The number of allylic oxidation sites excluding steroid dienone is 1. The number of aromatic nitrogens is 2. The number of rotatable bonds is 10. The Hall–Kier alpha value is -3.61. The highest BCUT2D eigenvalue weighted by molar-refractivity contribution is 5.77. The summed E-state index contributed by atoms with van der Waals surface area (Å²) in [5, 5.41) is 9.03. The van der Waals surface area contributed by atoms with Gasteiger partial charge in [-0.15, -0.1) is 0 Å². The number of nitrogens with zero attached hydrogens (tertiary/aromatic N) is 3. The predicted octanol–water partition coefficient (Wildman–Crippen LogP) is 5.71. The standard InChI is InChI=1S/C28H33N3O4/c1-4-31(5-2)26-14-12-21(18-29-26)28-30-24(19(3)35-28)16-17-34-25-11-7-9-22-20(13-15-27(32)33)8-6-10-23(22)25/h7,9,11-14,18H,4-6,8,10,15-17H2,1-3H3,(H,32,33)/b20-13-. The molecule has 35 heavy (non-hydrogen) atoms. The van der Waals surface area contributed by atoms with Crippen LogP contribution in [0.25, 0.3) is 17.0 Å². The van der Waals surface area contributed by atoms with Crippen molar-refractivity contribution < 1.29 is 19.1 Å². The first-order chi connectivity index (χ1) is 17.0. The monoisotopic (exact) mass is 475 g/mol. The maximum absolute atomic E-state index is 11.0. The van der Waals surface area contributed by atoms with E-state index >= 15 is 0 Å². The first kappa shape index (κ1) is 24.5. The van der Waals surface area contributed by atoms with Crippen LogP contribution in [0.4, 0.5) is 5.82 Å². The van der Waals surface area contributed by atoms with E-state index in [0.29, 0.717) is 18.9 Å². The van der Waals surface area contributed by atoms with Crippen molar-refractivity contribution in [1.29, 1.82) is 0 Å². The SMILES string of the molecule is CCN(CC)c1ccc(-c2nc(CCOc3cccc4c3CCC/C4=C/CC(=O)O)c(C)o2)cn1. The number of benzene rings is 1. The normalized spacial score (nSPS) is 14.1. The fraction of sp³-hybridized carbons (Fsp3) is 0.393. The molecule has 1 aromatic carbocycles. The molecule has 2 aromatic heterocycles. The number of carbonyl (C=O) groups is 1. The van der Waals surface area contributed by atoms with Crippen LogP contribution in [0.15, 0.2) is 47.0 Å². The van der Waals surface area contributed by atoms with Crippen molar-refractivity contribution in [3.63, 3.8) is 0 Å². The van der Waals surface area contributed by atoms with Crippen LogP contribution in [0.5, 0.6) is 5.75 Å². The van der Waals surface area contributed by atoms with Gasteiger partial charge >= 0.3 is 5.97 Å². The maximum Gasteiger partial charge on any atom is 0.307 e. The van der Waals surface area contributed by atoms with Crippen LogP contribution in [-0.2, 0) is 17.6 Å². The lowest BCUT2D eigenvalue weighted by Gasteiger charge is -2.22. The summed E-state index contributed by atoms with van der Waals surface area (Å²) in [5.41, 5.74) is 5.09. The number of pyridine rings is 1. The highest BCUT2D eigenvalue weighted by Gasteiger charge is 2.19. The van der Waals surface area contributed by atoms with Gasteiger partial charge in [-0.1, -0.05) is 18.2 Å². The average molecular weight is 476 g/mol. The van der Waals surface area contributed by atoms with E-state index in [1.54, 1.807) is 0 Å². The highest BCUT2D eigenvalue weighted by atomic mass is 16.5. The third kappa shape index (κ3) is 5.73. The number of ether oxygens (including phenoxy) is 1. The summed E-state index contributed by atoms with van der Waals surface area (Å²) >= 11 is 0. The Bertz CT molecular complexity index is 1190. The van der Waals surface area contributed by atoms with Gasteiger partial charge in [0.25, 0.3) is 0 Å². The zero-order valence-corrected chi connectivity index (χ0v) is 20.7. The molecule has 4 rings (SSSR count). The van der Waals surface area contributed by atoms with E-state index in [4.69, 9.17) is 19.2 Å². The average Bonchev–Trinajstić information content (AvgIpc) is 3.24. The molecule has 1 aliphatic rings. The lowest BCUT2D eigenvalue weighted by atomic mass is 9.86. The van der Waals surface area contributed by atoms with Crippen molar-refractivity contribution in [3.05, 3.63) is 65.2 Å². The summed E-state index contributed by atoms with van der Waals surface area (Å²) < 4.78 is 12.1. The number of hydrogen-bond donors (Lipinski definition) is 1. The van der Waals surface area contributed by atoms with E-state index in [1.165, 1.54) is 0 Å². The van der Waals surface area contributed by atoms with Gasteiger partial charge in [0.1, 0.15) is 17.3 Å². The van der Waals surface area contributed by atoms with Gasteiger partial charge in [0, 0.05) is 31.3 Å². The summed E-state index contributed by atoms with van der Waals surface area (Å²) in [7, 11) is 0. The van der Waals surface area contributed by atoms with E-state index in [9.17, 15) is 4.79 Å². The fourth-order valence-corrected chi connectivity index (χ4v) is 4.56. The molecule has 0 amide bonds. The molecule has 7 nitrogen and oxygen atoms in total. The maximum atomic E-state index is 11.0. The molecule has 7 heteroatoms. The Kier molecular flexibility index (Phi) is 7.85. The molecule has 0 saturated heterocycles. The Morgan fingerprint density at radius 2 is 2.03 bits per heavy atom. The van der Waals surface area contributed by atoms with Crippen LogP contribution in [-0.4, -0.2) is 40.7 Å². The second kappa shape index (κ2) is 11.2. The number of aliphatic carboxylic acids is 1. The number of carboxylic acids is 1. The van der Waals surface area contributed by atoms with E-state index in [-0.39, 0.29) is 6.42 Å². The zero-order valence-electron chi connectivity index (χ0n) is 20.7. The van der Waals surface area contributed by atoms with Gasteiger partial charge in [0.15, 0.2) is 0 Å². The van der Waals surface area contributed by atoms with Crippen LogP contribution in [0.3, 0.4) is 0 Å². The Morgan fingerprint density at radius 1 is 1.20 bits per heavy atom. The first-order valence-corrected chi connectivity index (χ1v) is 12.3. The molecule has 0 unspecified atom stereocenters. The Labute approximate surface area is 206 Å². The minimum absolute atomic E-state index is 0.0430. The molecule has 3 aromatic rings. The van der Waals surface area contributed by atoms with Gasteiger partial charge < -0.3 is 19.2 Å². The third-order valence-electron chi connectivity index (χ3n) is 6.45. The number of fused-ring (bicyclic) bond motifs is 1. The van der Waals surface area contributed by atoms with Crippen LogP contribution in [0.1, 0.15) is 55.7 Å².